The van der Waals surface area contributed by atoms with Gasteiger partial charge < -0.3 is 4.57 Å². The summed E-state index contributed by atoms with van der Waals surface area (Å²) >= 11 is 7.44. The predicted octanol–water partition coefficient (Wildman–Crippen LogP) is 3.47. The van der Waals surface area contributed by atoms with Gasteiger partial charge in [0.1, 0.15) is 12.4 Å². The largest absolute Gasteiger partial charge is 0.307 e. The Kier molecular flexibility index (Phi) is 4.81. The summed E-state index contributed by atoms with van der Waals surface area (Å²) in [5, 5.41) is 24.4. The average Bonchev–Trinajstić information content (AvgIpc) is 3.19. The Morgan fingerprint density at radius 3 is 2.88 bits per heavy atom. The second kappa shape index (κ2) is 7.02. The van der Waals surface area contributed by atoms with Crippen molar-refractivity contribution in [3.05, 3.63) is 51.8 Å². The Bertz CT molecular complexity index is 878. The van der Waals surface area contributed by atoms with Crippen LogP contribution in [0.2, 0.25) is 5.02 Å². The Morgan fingerprint density at radius 1 is 1.38 bits per heavy atom. The van der Waals surface area contributed by atoms with Crippen molar-refractivity contribution in [1.82, 2.24) is 24.5 Å². The van der Waals surface area contributed by atoms with E-state index >= 15 is 0 Å². The van der Waals surface area contributed by atoms with E-state index in [0.717, 1.165) is 11.4 Å². The van der Waals surface area contributed by atoms with Crippen molar-refractivity contribution in [2.24, 2.45) is 0 Å². The number of benzene rings is 1. The highest BCUT2D eigenvalue weighted by Gasteiger charge is 2.14. The second-order valence-electron chi connectivity index (χ2n) is 4.83. The molecule has 24 heavy (non-hydrogen) atoms. The van der Waals surface area contributed by atoms with Crippen molar-refractivity contribution >= 4 is 29.1 Å². The minimum Gasteiger partial charge on any atom is -0.302 e. The van der Waals surface area contributed by atoms with Crippen molar-refractivity contribution in [2.75, 3.05) is 0 Å². The predicted molar refractivity (Wildman–Crippen MR) is 90.9 cm³/mol. The molecule has 10 heteroatoms. The molecule has 0 saturated carbocycles. The summed E-state index contributed by atoms with van der Waals surface area (Å²) in [7, 11) is 0. The fourth-order valence-electron chi connectivity index (χ4n) is 2.16. The third kappa shape index (κ3) is 3.41. The molecule has 0 saturated heterocycles. The van der Waals surface area contributed by atoms with E-state index in [-0.39, 0.29) is 5.69 Å². The fourth-order valence-corrected chi connectivity index (χ4v) is 3.21. The third-order valence-corrected chi connectivity index (χ3v) is 4.46. The van der Waals surface area contributed by atoms with E-state index in [1.54, 1.807) is 6.07 Å². The van der Waals surface area contributed by atoms with E-state index in [2.05, 4.69) is 15.3 Å². The Morgan fingerprint density at radius 2 is 2.21 bits per heavy atom. The second-order valence-corrected chi connectivity index (χ2v) is 6.18. The number of hydrogen-bond donors (Lipinski definition) is 0. The summed E-state index contributed by atoms with van der Waals surface area (Å²) in [5.41, 5.74) is 0.852. The highest BCUT2D eigenvalue weighted by atomic mass is 35.5. The molecule has 0 aliphatic rings. The van der Waals surface area contributed by atoms with Crippen molar-refractivity contribution in [3.8, 4) is 11.4 Å². The molecule has 0 unspecified atom stereocenters. The zero-order chi connectivity index (χ0) is 17.1. The van der Waals surface area contributed by atoms with Crippen LogP contribution >= 0.6 is 23.4 Å². The molecule has 124 valence electrons. The summed E-state index contributed by atoms with van der Waals surface area (Å²) in [4.78, 5) is 10.2. The first-order valence-electron chi connectivity index (χ1n) is 7.07. The highest BCUT2D eigenvalue weighted by molar-refractivity contribution is 7.98. The third-order valence-electron chi connectivity index (χ3n) is 3.27. The standard InChI is InChI=1S/C14H13ClN6O2S/c1-2-20-13(10-4-3-5-11(15)6-10)17-18-14(20)24-9-19-8-12(7-16-19)21(22)23/h3-8H,2,9H2,1H3. The number of rotatable bonds is 6. The van der Waals surface area contributed by atoms with Gasteiger partial charge in [0.05, 0.1) is 10.8 Å². The molecule has 0 aliphatic carbocycles. The van der Waals surface area contributed by atoms with Crippen LogP contribution in [-0.4, -0.2) is 29.5 Å². The smallest absolute Gasteiger partial charge is 0.302 e. The topological polar surface area (TPSA) is 91.7 Å². The van der Waals surface area contributed by atoms with E-state index in [9.17, 15) is 10.1 Å². The van der Waals surface area contributed by atoms with Gasteiger partial charge in [-0.1, -0.05) is 35.5 Å². The number of nitro groups is 1. The lowest BCUT2D eigenvalue weighted by atomic mass is 10.2. The molecular formula is C14H13ClN6O2S. The Labute approximate surface area is 146 Å². The van der Waals surface area contributed by atoms with Crippen LogP contribution in [0.25, 0.3) is 11.4 Å². The number of aromatic nitrogens is 5. The normalized spacial score (nSPS) is 10.9. The molecular weight excluding hydrogens is 352 g/mol. The van der Waals surface area contributed by atoms with E-state index in [0.29, 0.717) is 22.6 Å². The summed E-state index contributed by atoms with van der Waals surface area (Å²) in [6, 6.07) is 7.43. The summed E-state index contributed by atoms with van der Waals surface area (Å²) in [6.45, 7) is 2.69. The van der Waals surface area contributed by atoms with Gasteiger partial charge in [0.25, 0.3) is 0 Å². The molecule has 8 nitrogen and oxygen atoms in total. The Hall–Kier alpha value is -2.39. The molecule has 0 amide bonds. The molecule has 0 atom stereocenters. The van der Waals surface area contributed by atoms with Crippen molar-refractivity contribution < 1.29 is 4.92 Å². The average molecular weight is 365 g/mol. The molecule has 0 aliphatic heterocycles. The maximum Gasteiger partial charge on any atom is 0.307 e. The first-order valence-corrected chi connectivity index (χ1v) is 8.43. The molecule has 0 spiro atoms. The lowest BCUT2D eigenvalue weighted by molar-refractivity contribution is -0.385. The lowest BCUT2D eigenvalue weighted by Crippen LogP contribution is -2.01. The van der Waals surface area contributed by atoms with E-state index < -0.39 is 4.92 Å². The lowest BCUT2D eigenvalue weighted by Gasteiger charge is -2.07. The number of thioether (sulfide) groups is 1. The van der Waals surface area contributed by atoms with Gasteiger partial charge in [0.2, 0.25) is 0 Å². The minimum atomic E-state index is -0.472. The SMILES string of the molecule is CCn1c(SCn2cc([N+](=O)[O-])cn2)nnc1-c1cccc(Cl)c1. The monoisotopic (exact) mass is 364 g/mol. The molecule has 0 bridgehead atoms. The van der Waals surface area contributed by atoms with Crippen molar-refractivity contribution in [1.29, 1.82) is 0 Å². The van der Waals surface area contributed by atoms with E-state index in [4.69, 9.17) is 11.6 Å². The van der Waals surface area contributed by atoms with Gasteiger partial charge in [-0.2, -0.15) is 5.10 Å². The van der Waals surface area contributed by atoms with E-state index in [1.807, 2.05) is 29.7 Å². The van der Waals surface area contributed by atoms with Crippen LogP contribution in [0.3, 0.4) is 0 Å². The van der Waals surface area contributed by atoms with Crippen LogP contribution in [-0.2, 0) is 12.4 Å². The quantitative estimate of drug-likeness (QED) is 0.378. The maximum atomic E-state index is 10.7. The summed E-state index contributed by atoms with van der Waals surface area (Å²) in [6.07, 6.45) is 2.61. The number of nitrogens with zero attached hydrogens (tertiary/aromatic N) is 6. The van der Waals surface area contributed by atoms with Gasteiger partial charge in [0.15, 0.2) is 11.0 Å². The summed E-state index contributed by atoms with van der Waals surface area (Å²) in [5.74, 6) is 1.13. The molecule has 0 fully saturated rings. The number of hydrogen-bond acceptors (Lipinski definition) is 6. The van der Waals surface area contributed by atoms with Crippen LogP contribution in [0.1, 0.15) is 6.92 Å². The van der Waals surface area contributed by atoms with Gasteiger partial charge in [-0.3, -0.25) is 14.8 Å². The van der Waals surface area contributed by atoms with Gasteiger partial charge in [-0.25, -0.2) is 0 Å². The van der Waals surface area contributed by atoms with Gasteiger partial charge in [-0.05, 0) is 19.1 Å². The molecule has 3 aromatic rings. The number of halogens is 1. The van der Waals surface area contributed by atoms with Crippen LogP contribution in [0, 0.1) is 10.1 Å². The van der Waals surface area contributed by atoms with Crippen molar-refractivity contribution in [3.63, 3.8) is 0 Å². The molecule has 2 aromatic heterocycles. The van der Waals surface area contributed by atoms with E-state index in [1.165, 1.54) is 28.8 Å². The zero-order valence-corrected chi connectivity index (χ0v) is 14.2. The molecule has 0 N–H and O–H groups in total. The van der Waals surface area contributed by atoms with Crippen LogP contribution in [0.4, 0.5) is 5.69 Å². The highest BCUT2D eigenvalue weighted by Crippen LogP contribution is 2.26. The van der Waals surface area contributed by atoms with Crippen LogP contribution in [0.5, 0.6) is 0 Å². The van der Waals surface area contributed by atoms with Gasteiger partial charge in [0, 0.05) is 17.1 Å². The zero-order valence-electron chi connectivity index (χ0n) is 12.7. The first-order chi connectivity index (χ1) is 11.6. The molecule has 2 heterocycles. The van der Waals surface area contributed by atoms with Crippen LogP contribution in [0.15, 0.2) is 41.8 Å². The molecule has 0 radical (unpaired) electrons. The minimum absolute atomic E-state index is 0.0350. The summed E-state index contributed by atoms with van der Waals surface area (Å²) < 4.78 is 3.46. The van der Waals surface area contributed by atoms with Gasteiger partial charge in [-0.15, -0.1) is 10.2 Å². The molecule has 1 aromatic carbocycles. The van der Waals surface area contributed by atoms with Crippen LogP contribution < -0.4 is 0 Å². The maximum absolute atomic E-state index is 10.7. The first kappa shape index (κ1) is 16.5. The Balaban J connectivity index is 1.80. The van der Waals surface area contributed by atoms with Crippen molar-refractivity contribution in [2.45, 2.75) is 24.5 Å². The van der Waals surface area contributed by atoms with Gasteiger partial charge >= 0.3 is 5.69 Å². The fraction of sp³-hybridized carbons (Fsp3) is 0.214. The molecule has 3 rings (SSSR count).